The molecule has 3 aromatic rings. The first-order chi connectivity index (χ1) is 23.0. The molecule has 7 atom stereocenters. The van der Waals surface area contributed by atoms with Crippen LogP contribution in [-0.4, -0.2) is 46.7 Å². The van der Waals surface area contributed by atoms with E-state index in [4.69, 9.17) is 4.74 Å². The second-order valence-electron chi connectivity index (χ2n) is 16.8. The second-order valence-corrected chi connectivity index (χ2v) is 17.9. The molecule has 6 aliphatic carbocycles. The number of amides is 1. The summed E-state index contributed by atoms with van der Waals surface area (Å²) in [5.41, 5.74) is 3.55. The molecule has 10 rings (SSSR count). The number of aliphatic hydroxyl groups is 1. The molecule has 1 N–H and O–H groups in total. The highest BCUT2D eigenvalue weighted by Gasteiger charge is 2.64. The zero-order valence-electron chi connectivity index (χ0n) is 29.1. The summed E-state index contributed by atoms with van der Waals surface area (Å²) in [6.45, 7) is 10.8. The van der Waals surface area contributed by atoms with Crippen molar-refractivity contribution in [3.05, 3.63) is 81.7 Å². The maximum absolute atomic E-state index is 14.6. The van der Waals surface area contributed by atoms with Gasteiger partial charge in [0, 0.05) is 22.2 Å². The number of carbonyl (C=O) groups excluding carboxylic acids is 2. The van der Waals surface area contributed by atoms with E-state index in [1.165, 1.54) is 24.8 Å². The van der Waals surface area contributed by atoms with Gasteiger partial charge in [-0.3, -0.25) is 4.79 Å². The van der Waals surface area contributed by atoms with Gasteiger partial charge in [0.05, 0.1) is 17.5 Å². The molecule has 0 radical (unpaired) electrons. The molecule has 254 valence electrons. The van der Waals surface area contributed by atoms with Crippen LogP contribution >= 0.6 is 11.3 Å². The standard InChI is InChI=1S/C42H51NO4S/c1-26-8-7-18-41(4)34(17-19-42(41)25-43(39(46)47-42)24-29-13-14-30-23-35(29)40(30,2)3)32-16-12-27(20-31(44)15-11-26)21-33(32)38(45)37-22-28-9-5-6-10-36(28)48-37/h5-6,8-10,12,16,21-22,29-31,34-35,44H,7,11,13-15,17-20,23-25H2,1-4H3/t29-,30-,31-,34-,35-,41-,42+/m0/s1. The molecule has 4 saturated carbocycles. The number of fused-ring (bicyclic) bond motifs is 11. The molecule has 1 amide bonds. The zero-order valence-corrected chi connectivity index (χ0v) is 29.9. The van der Waals surface area contributed by atoms with Crippen LogP contribution in [0.2, 0.25) is 0 Å². The van der Waals surface area contributed by atoms with Gasteiger partial charge in [0.1, 0.15) is 5.60 Å². The Balaban J connectivity index is 1.17. The minimum Gasteiger partial charge on any atom is -0.440 e. The lowest BCUT2D eigenvalue weighted by Gasteiger charge is -2.60. The van der Waals surface area contributed by atoms with Crippen molar-refractivity contribution >= 4 is 33.3 Å². The van der Waals surface area contributed by atoms with Gasteiger partial charge in [0.25, 0.3) is 0 Å². The summed E-state index contributed by atoms with van der Waals surface area (Å²) in [6, 6.07) is 16.6. The molecule has 1 aliphatic heterocycles. The van der Waals surface area contributed by atoms with Crippen LogP contribution in [0.4, 0.5) is 4.79 Å². The molecule has 48 heavy (non-hydrogen) atoms. The minimum atomic E-state index is -0.591. The van der Waals surface area contributed by atoms with Gasteiger partial charge in [-0.25, -0.2) is 4.79 Å². The van der Waals surface area contributed by atoms with Crippen molar-refractivity contribution in [1.82, 2.24) is 4.90 Å². The van der Waals surface area contributed by atoms with Crippen LogP contribution in [-0.2, 0) is 11.2 Å². The van der Waals surface area contributed by atoms with E-state index in [0.717, 1.165) is 76.2 Å². The smallest absolute Gasteiger partial charge is 0.410 e. The van der Waals surface area contributed by atoms with Crippen LogP contribution in [0.5, 0.6) is 0 Å². The summed E-state index contributed by atoms with van der Waals surface area (Å²) >= 11 is 1.56. The van der Waals surface area contributed by atoms with Crippen molar-refractivity contribution in [2.45, 2.75) is 110 Å². The lowest BCUT2D eigenvalue weighted by Crippen LogP contribution is -2.55. The van der Waals surface area contributed by atoms with E-state index in [2.05, 4.69) is 69.0 Å². The normalized spacial score (nSPS) is 34.4. The molecule has 7 aliphatic rings. The quantitative estimate of drug-likeness (QED) is 0.223. The molecule has 1 spiro atoms. The number of nitrogens with zero attached hydrogens (tertiary/aromatic N) is 1. The molecule has 1 saturated heterocycles. The van der Waals surface area contributed by atoms with Crippen LogP contribution in [0.1, 0.15) is 118 Å². The predicted molar refractivity (Wildman–Crippen MR) is 193 cm³/mol. The Kier molecular flexibility index (Phi) is 7.95. The Morgan fingerprint density at radius 2 is 1.88 bits per heavy atom. The van der Waals surface area contributed by atoms with Gasteiger partial charge in [-0.15, -0.1) is 11.3 Å². The second kappa shape index (κ2) is 11.8. The van der Waals surface area contributed by atoms with Gasteiger partial charge >= 0.3 is 6.09 Å². The first-order valence-corrected chi connectivity index (χ1v) is 19.3. The molecular formula is C42H51NO4S. The number of aliphatic hydroxyl groups excluding tert-OH is 1. The molecular weight excluding hydrogens is 615 g/mol. The predicted octanol–water partition coefficient (Wildman–Crippen LogP) is 9.70. The zero-order chi connectivity index (χ0) is 33.4. The average Bonchev–Trinajstić information content (AvgIpc) is 3.72. The third-order valence-electron chi connectivity index (χ3n) is 14.0. The van der Waals surface area contributed by atoms with Crippen molar-refractivity contribution in [3.63, 3.8) is 0 Å². The van der Waals surface area contributed by atoms with Gasteiger partial charge in [0.2, 0.25) is 5.78 Å². The van der Waals surface area contributed by atoms with Gasteiger partial charge in [-0.05, 0) is 135 Å². The number of rotatable bonds is 4. The Morgan fingerprint density at radius 1 is 1.04 bits per heavy atom. The molecule has 1 aromatic heterocycles. The summed E-state index contributed by atoms with van der Waals surface area (Å²) in [4.78, 5) is 31.2. The number of ketones is 1. The Labute approximate surface area is 289 Å². The molecule has 6 heteroatoms. The highest BCUT2D eigenvalue weighted by molar-refractivity contribution is 7.21. The van der Waals surface area contributed by atoms with Crippen molar-refractivity contribution in [1.29, 1.82) is 0 Å². The van der Waals surface area contributed by atoms with Crippen molar-refractivity contribution < 1.29 is 19.4 Å². The molecule has 5 fully saturated rings. The highest BCUT2D eigenvalue weighted by Crippen LogP contribution is 2.64. The SMILES string of the molecule is CC1=CCC[C@@]2(C)[C@@H](CC[C@@]23CN(C[C@@H]2CC[C@H]4C[C@@H]2C4(C)C)C(=O)O3)c2ccc(cc2C(=O)c2cc3ccccc3s2)C[C@@H](O)CC1. The van der Waals surface area contributed by atoms with E-state index in [1.807, 2.05) is 18.2 Å². The van der Waals surface area contributed by atoms with Crippen molar-refractivity contribution in [3.8, 4) is 0 Å². The van der Waals surface area contributed by atoms with Crippen molar-refractivity contribution in [2.24, 2.45) is 28.6 Å². The summed E-state index contributed by atoms with van der Waals surface area (Å²) in [7, 11) is 0. The molecule has 4 bridgehead atoms. The van der Waals surface area contributed by atoms with Gasteiger partial charge in [-0.2, -0.15) is 0 Å². The van der Waals surface area contributed by atoms with Crippen molar-refractivity contribution in [2.75, 3.05) is 13.1 Å². The van der Waals surface area contributed by atoms with E-state index in [1.54, 1.807) is 11.3 Å². The Hall–Kier alpha value is -2.96. The molecule has 0 unspecified atom stereocenters. The van der Waals surface area contributed by atoms with E-state index in [-0.39, 0.29) is 23.2 Å². The van der Waals surface area contributed by atoms with E-state index in [0.29, 0.717) is 36.6 Å². The summed E-state index contributed by atoms with van der Waals surface area (Å²) in [5, 5.41) is 12.1. The third-order valence-corrected chi connectivity index (χ3v) is 15.1. The van der Waals surface area contributed by atoms with Crippen LogP contribution in [0, 0.1) is 28.6 Å². The lowest BCUT2D eigenvalue weighted by atomic mass is 9.45. The van der Waals surface area contributed by atoms with Crippen LogP contribution in [0.3, 0.4) is 0 Å². The number of allylic oxidation sites excluding steroid dienone is 2. The van der Waals surface area contributed by atoms with Gasteiger partial charge in [-0.1, -0.05) is 62.8 Å². The van der Waals surface area contributed by atoms with E-state index >= 15 is 0 Å². The number of hydrogen-bond acceptors (Lipinski definition) is 5. The summed E-state index contributed by atoms with van der Waals surface area (Å²) in [6.07, 6.45) is 11.0. The van der Waals surface area contributed by atoms with E-state index < -0.39 is 11.7 Å². The number of benzene rings is 2. The lowest BCUT2D eigenvalue weighted by molar-refractivity contribution is -0.109. The fraction of sp³-hybridized carbons (Fsp3) is 0.571. The topological polar surface area (TPSA) is 66.8 Å². The first-order valence-electron chi connectivity index (χ1n) is 18.5. The third kappa shape index (κ3) is 5.19. The van der Waals surface area contributed by atoms with E-state index in [9.17, 15) is 14.7 Å². The molecule has 2 aromatic carbocycles. The minimum absolute atomic E-state index is 0.0532. The first kappa shape index (κ1) is 32.3. The summed E-state index contributed by atoms with van der Waals surface area (Å²) in [5.74, 6) is 2.19. The maximum Gasteiger partial charge on any atom is 0.410 e. The number of carbonyl (C=O) groups is 2. The molecule has 5 nitrogen and oxygen atoms in total. The number of thiophene rings is 1. The molecule has 2 heterocycles. The van der Waals surface area contributed by atoms with Crippen LogP contribution < -0.4 is 0 Å². The van der Waals surface area contributed by atoms with Gasteiger partial charge in [0.15, 0.2) is 0 Å². The average molecular weight is 666 g/mol. The Morgan fingerprint density at radius 3 is 2.67 bits per heavy atom. The van der Waals surface area contributed by atoms with Crippen LogP contribution in [0.25, 0.3) is 10.1 Å². The van der Waals surface area contributed by atoms with Crippen LogP contribution in [0.15, 0.2) is 60.2 Å². The fourth-order valence-corrected chi connectivity index (χ4v) is 11.8. The Bertz CT molecular complexity index is 1750. The largest absolute Gasteiger partial charge is 0.440 e. The number of ether oxygens (including phenoxy) is 1. The van der Waals surface area contributed by atoms with Gasteiger partial charge < -0.3 is 14.7 Å². The monoisotopic (exact) mass is 665 g/mol. The fourth-order valence-electron chi connectivity index (χ4n) is 10.8. The number of hydrogen-bond donors (Lipinski definition) is 1. The highest BCUT2D eigenvalue weighted by atomic mass is 32.1. The summed E-state index contributed by atoms with van der Waals surface area (Å²) < 4.78 is 7.77. The maximum atomic E-state index is 14.6.